The molecule has 122 valence electrons. The molecule has 0 spiro atoms. The minimum Gasteiger partial charge on any atom is -0.393 e. The third-order valence-corrected chi connectivity index (χ3v) is 7.97. The first-order chi connectivity index (χ1) is 10.5. The van der Waals surface area contributed by atoms with Crippen LogP contribution in [0.4, 0.5) is 0 Å². The molecule has 0 saturated heterocycles. The Morgan fingerprint density at radius 3 is 2.64 bits per heavy atom. The Morgan fingerprint density at radius 1 is 1.14 bits per heavy atom. The Bertz CT molecular complexity index is 540. The Labute approximate surface area is 134 Å². The molecular formula is C19H30N2O. The van der Waals surface area contributed by atoms with E-state index >= 15 is 0 Å². The van der Waals surface area contributed by atoms with Crippen LogP contribution in [0.2, 0.25) is 0 Å². The average molecular weight is 302 g/mol. The zero-order chi connectivity index (χ0) is 15.5. The molecule has 3 fully saturated rings. The predicted molar refractivity (Wildman–Crippen MR) is 89.3 cm³/mol. The van der Waals surface area contributed by atoms with Gasteiger partial charge in [-0.05, 0) is 74.5 Å². The van der Waals surface area contributed by atoms with E-state index in [9.17, 15) is 5.11 Å². The Morgan fingerprint density at radius 2 is 1.86 bits per heavy atom. The first kappa shape index (κ1) is 14.7. The van der Waals surface area contributed by atoms with Gasteiger partial charge in [0, 0.05) is 11.1 Å². The lowest BCUT2D eigenvalue weighted by atomic mass is 9.48. The quantitative estimate of drug-likeness (QED) is 0.408. The molecule has 0 aromatic carbocycles. The predicted octanol–water partition coefficient (Wildman–Crippen LogP) is 3.62. The van der Waals surface area contributed by atoms with Crippen LogP contribution in [0, 0.1) is 28.6 Å². The SMILES string of the molecule is CC12CC[C@H](O)CC1=CCC1C2CCC2(C)/C(=N/N)CCC12. The maximum atomic E-state index is 10.0. The summed E-state index contributed by atoms with van der Waals surface area (Å²) >= 11 is 0. The molecular weight excluding hydrogens is 272 g/mol. The van der Waals surface area contributed by atoms with Crippen molar-refractivity contribution < 1.29 is 5.11 Å². The van der Waals surface area contributed by atoms with Crippen LogP contribution in [0.15, 0.2) is 16.8 Å². The summed E-state index contributed by atoms with van der Waals surface area (Å²) in [5, 5.41) is 14.2. The van der Waals surface area contributed by atoms with Crippen LogP contribution in [0.25, 0.3) is 0 Å². The minimum atomic E-state index is -0.104. The number of allylic oxidation sites excluding steroid dienone is 1. The number of fused-ring (bicyclic) bond motifs is 5. The van der Waals surface area contributed by atoms with Crippen molar-refractivity contribution in [2.24, 2.45) is 39.5 Å². The van der Waals surface area contributed by atoms with Crippen LogP contribution in [0.1, 0.15) is 65.2 Å². The van der Waals surface area contributed by atoms with E-state index in [0.29, 0.717) is 5.41 Å². The van der Waals surface area contributed by atoms with Crippen molar-refractivity contribution in [1.29, 1.82) is 0 Å². The van der Waals surface area contributed by atoms with E-state index in [-0.39, 0.29) is 11.5 Å². The number of hydrogen-bond acceptors (Lipinski definition) is 3. The maximum Gasteiger partial charge on any atom is 0.0577 e. The standard InChI is InChI=1S/C19H30N2O/c1-18-9-7-13(22)11-12(18)3-4-14-15-5-6-17(21-20)19(15,2)10-8-16(14)18/h3,13-16,22H,4-11,20H2,1-2H3/b21-17+/t13-,14?,15?,16?,18?,19?/m0/s1. The van der Waals surface area contributed by atoms with Gasteiger partial charge in [0.2, 0.25) is 0 Å². The molecule has 22 heavy (non-hydrogen) atoms. The molecule has 4 rings (SSSR count). The van der Waals surface area contributed by atoms with E-state index in [1.165, 1.54) is 37.8 Å². The molecule has 0 aromatic rings. The Kier molecular flexibility index (Phi) is 3.24. The van der Waals surface area contributed by atoms with Gasteiger partial charge >= 0.3 is 0 Å². The van der Waals surface area contributed by atoms with Crippen molar-refractivity contribution in [3.63, 3.8) is 0 Å². The lowest BCUT2D eigenvalue weighted by Gasteiger charge is -2.57. The van der Waals surface area contributed by atoms with Crippen LogP contribution in [-0.4, -0.2) is 16.9 Å². The molecule has 0 bridgehead atoms. The summed E-state index contributed by atoms with van der Waals surface area (Å²) in [6, 6.07) is 0. The summed E-state index contributed by atoms with van der Waals surface area (Å²) in [6.07, 6.45) is 11.6. The van der Waals surface area contributed by atoms with Gasteiger partial charge in [-0.15, -0.1) is 0 Å². The van der Waals surface area contributed by atoms with Gasteiger partial charge in [0.25, 0.3) is 0 Å². The van der Waals surface area contributed by atoms with E-state index in [0.717, 1.165) is 37.0 Å². The summed E-state index contributed by atoms with van der Waals surface area (Å²) in [6.45, 7) is 4.90. The number of rotatable bonds is 0. The lowest BCUT2D eigenvalue weighted by Crippen LogP contribution is -2.50. The number of hydrogen-bond donors (Lipinski definition) is 2. The molecule has 3 N–H and O–H groups in total. The summed E-state index contributed by atoms with van der Waals surface area (Å²) in [7, 11) is 0. The first-order valence-electron chi connectivity index (χ1n) is 9.14. The molecule has 4 aliphatic rings. The van der Waals surface area contributed by atoms with Gasteiger partial charge in [0.1, 0.15) is 0 Å². The van der Waals surface area contributed by atoms with E-state index in [4.69, 9.17) is 5.84 Å². The molecule has 3 saturated carbocycles. The molecule has 6 atom stereocenters. The maximum absolute atomic E-state index is 10.0. The first-order valence-corrected chi connectivity index (χ1v) is 9.14. The zero-order valence-electron chi connectivity index (χ0n) is 14.0. The second kappa shape index (κ2) is 4.83. The number of hydrazone groups is 1. The number of nitrogens with two attached hydrogens (primary N) is 1. The highest BCUT2D eigenvalue weighted by Gasteiger charge is 2.57. The number of nitrogens with zero attached hydrogens (tertiary/aromatic N) is 1. The van der Waals surface area contributed by atoms with E-state index in [1.54, 1.807) is 5.57 Å². The van der Waals surface area contributed by atoms with Crippen LogP contribution >= 0.6 is 0 Å². The third kappa shape index (κ3) is 1.81. The lowest BCUT2D eigenvalue weighted by molar-refractivity contribution is -0.0209. The van der Waals surface area contributed by atoms with Gasteiger partial charge in [-0.2, -0.15) is 5.10 Å². The van der Waals surface area contributed by atoms with Crippen molar-refractivity contribution in [2.75, 3.05) is 0 Å². The Balaban J connectivity index is 1.69. The van der Waals surface area contributed by atoms with Crippen LogP contribution in [-0.2, 0) is 0 Å². The Hall–Kier alpha value is -0.830. The molecule has 0 amide bonds. The highest BCUT2D eigenvalue weighted by atomic mass is 16.3. The largest absolute Gasteiger partial charge is 0.393 e. The van der Waals surface area contributed by atoms with Gasteiger partial charge in [-0.25, -0.2) is 0 Å². The molecule has 5 unspecified atom stereocenters. The topological polar surface area (TPSA) is 58.6 Å². The van der Waals surface area contributed by atoms with Crippen LogP contribution in [0.3, 0.4) is 0 Å². The third-order valence-electron chi connectivity index (χ3n) is 7.97. The average Bonchev–Trinajstić information content (AvgIpc) is 2.84. The highest BCUT2D eigenvalue weighted by molar-refractivity contribution is 5.92. The van der Waals surface area contributed by atoms with Crippen LogP contribution in [0.5, 0.6) is 0 Å². The van der Waals surface area contributed by atoms with E-state index in [1.807, 2.05) is 0 Å². The molecule has 4 aliphatic carbocycles. The smallest absolute Gasteiger partial charge is 0.0577 e. The molecule has 0 aromatic heterocycles. The van der Waals surface area contributed by atoms with Gasteiger partial charge in [-0.1, -0.05) is 25.5 Å². The van der Waals surface area contributed by atoms with Crippen molar-refractivity contribution in [3.8, 4) is 0 Å². The van der Waals surface area contributed by atoms with Crippen molar-refractivity contribution in [1.82, 2.24) is 0 Å². The molecule has 0 radical (unpaired) electrons. The number of aliphatic hydroxyl groups is 1. The molecule has 0 aliphatic heterocycles. The van der Waals surface area contributed by atoms with Crippen molar-refractivity contribution in [2.45, 2.75) is 71.3 Å². The van der Waals surface area contributed by atoms with Crippen molar-refractivity contribution >= 4 is 5.71 Å². The molecule has 3 heteroatoms. The van der Waals surface area contributed by atoms with Gasteiger partial charge in [0.05, 0.1) is 6.10 Å². The summed E-state index contributed by atoms with van der Waals surface area (Å²) < 4.78 is 0. The van der Waals surface area contributed by atoms with Gasteiger partial charge in [0.15, 0.2) is 0 Å². The normalized spacial score (nSPS) is 52.7. The fourth-order valence-electron chi connectivity index (χ4n) is 6.64. The van der Waals surface area contributed by atoms with Crippen LogP contribution < -0.4 is 5.84 Å². The number of aliphatic hydroxyl groups excluding tert-OH is 1. The molecule has 0 heterocycles. The summed E-state index contributed by atoms with van der Waals surface area (Å²) in [4.78, 5) is 0. The van der Waals surface area contributed by atoms with E-state index in [2.05, 4.69) is 25.0 Å². The summed E-state index contributed by atoms with van der Waals surface area (Å²) in [5.41, 5.74) is 3.43. The minimum absolute atomic E-state index is 0.104. The second-order valence-corrected chi connectivity index (χ2v) is 8.73. The fraction of sp³-hybridized carbons (Fsp3) is 0.842. The highest BCUT2D eigenvalue weighted by Crippen LogP contribution is 2.64. The fourth-order valence-corrected chi connectivity index (χ4v) is 6.64. The summed E-state index contributed by atoms with van der Waals surface area (Å²) in [5.74, 6) is 8.04. The van der Waals surface area contributed by atoms with Gasteiger partial charge < -0.3 is 10.9 Å². The van der Waals surface area contributed by atoms with Crippen molar-refractivity contribution in [3.05, 3.63) is 11.6 Å². The van der Waals surface area contributed by atoms with E-state index < -0.39 is 0 Å². The second-order valence-electron chi connectivity index (χ2n) is 8.73. The zero-order valence-corrected chi connectivity index (χ0v) is 14.0. The monoisotopic (exact) mass is 302 g/mol. The molecule has 3 nitrogen and oxygen atoms in total. The van der Waals surface area contributed by atoms with Gasteiger partial charge in [-0.3, -0.25) is 0 Å².